The van der Waals surface area contributed by atoms with Gasteiger partial charge in [-0.1, -0.05) is 36.4 Å². The number of ether oxygens (including phenoxy) is 1. The molecule has 0 aliphatic heterocycles. The maximum Gasteiger partial charge on any atom is 0.408 e. The van der Waals surface area contributed by atoms with Crippen LogP contribution in [0.15, 0.2) is 66.7 Å². The first-order valence-corrected chi connectivity index (χ1v) is 9.90. The van der Waals surface area contributed by atoms with Gasteiger partial charge in [-0.15, -0.1) is 0 Å². The lowest BCUT2D eigenvalue weighted by Crippen LogP contribution is -2.50. The fourth-order valence-electron chi connectivity index (χ4n) is 3.25. The maximum absolute atomic E-state index is 12.4. The first kappa shape index (κ1) is 23.0. The average molecular weight is 411 g/mol. The third kappa shape index (κ3) is 6.95. The third-order valence-electron chi connectivity index (χ3n) is 4.66. The summed E-state index contributed by atoms with van der Waals surface area (Å²) in [7, 11) is 1.58. The number of benzene rings is 2. The van der Waals surface area contributed by atoms with E-state index in [1.165, 1.54) is 11.0 Å². The summed E-state index contributed by atoms with van der Waals surface area (Å²) < 4.78 is 5.11. The number of methoxy groups -OCH3 is 1. The van der Waals surface area contributed by atoms with Crippen LogP contribution in [-0.2, 0) is 11.2 Å². The van der Waals surface area contributed by atoms with Crippen LogP contribution in [0.25, 0.3) is 0 Å². The van der Waals surface area contributed by atoms with Gasteiger partial charge < -0.3 is 15.2 Å². The standard InChI is InChI=1S/C24H30N2O4/c1-24(2,3)26(23(28)29)20(13-10-18-8-6-5-7-9-18)14-17-22(27)25-19-11-15-21(30-4)16-12-19/h5-9,11-12,14-17,20H,10,13H2,1-4H3,(H,25,27)(H,28,29)/b17-14+/t20-/m0/s1. The lowest BCUT2D eigenvalue weighted by molar-refractivity contribution is -0.112. The van der Waals surface area contributed by atoms with E-state index in [9.17, 15) is 14.7 Å². The molecule has 0 aliphatic carbocycles. The van der Waals surface area contributed by atoms with Gasteiger partial charge in [-0.2, -0.15) is 0 Å². The van der Waals surface area contributed by atoms with Gasteiger partial charge in [0, 0.05) is 17.3 Å². The van der Waals surface area contributed by atoms with Crippen LogP contribution in [0.3, 0.4) is 0 Å². The molecule has 0 aromatic heterocycles. The van der Waals surface area contributed by atoms with E-state index in [0.29, 0.717) is 24.3 Å². The molecule has 1 atom stereocenters. The van der Waals surface area contributed by atoms with E-state index in [1.54, 1.807) is 37.5 Å². The SMILES string of the molecule is COc1ccc(NC(=O)/C=C/[C@H](CCc2ccccc2)N(C(=O)O)C(C)(C)C)cc1. The van der Waals surface area contributed by atoms with Crippen LogP contribution in [0.5, 0.6) is 5.75 Å². The number of nitrogens with one attached hydrogen (secondary N) is 1. The predicted molar refractivity (Wildman–Crippen MR) is 119 cm³/mol. The van der Waals surface area contributed by atoms with E-state index < -0.39 is 17.7 Å². The number of carbonyl (C=O) groups is 2. The molecule has 0 aliphatic rings. The number of hydrogen-bond acceptors (Lipinski definition) is 3. The summed E-state index contributed by atoms with van der Waals surface area (Å²) in [6.45, 7) is 5.55. The quantitative estimate of drug-likeness (QED) is 0.602. The number of carbonyl (C=O) groups excluding carboxylic acids is 1. The molecule has 0 fully saturated rings. The molecule has 30 heavy (non-hydrogen) atoms. The van der Waals surface area contributed by atoms with Crippen molar-refractivity contribution < 1.29 is 19.4 Å². The molecule has 0 saturated heterocycles. The molecule has 0 bridgehead atoms. The summed E-state index contributed by atoms with van der Waals surface area (Å²) in [5.41, 5.74) is 1.15. The molecule has 0 saturated carbocycles. The number of aryl methyl sites for hydroxylation is 1. The number of rotatable bonds is 8. The Hall–Kier alpha value is -3.28. The molecule has 2 aromatic rings. The average Bonchev–Trinajstić information content (AvgIpc) is 2.70. The predicted octanol–water partition coefficient (Wildman–Crippen LogP) is 4.97. The van der Waals surface area contributed by atoms with Gasteiger partial charge in [0.2, 0.25) is 5.91 Å². The van der Waals surface area contributed by atoms with E-state index >= 15 is 0 Å². The zero-order chi connectivity index (χ0) is 22.1. The van der Waals surface area contributed by atoms with E-state index in [0.717, 1.165) is 5.56 Å². The Balaban J connectivity index is 2.15. The van der Waals surface area contributed by atoms with Gasteiger partial charge in [0.05, 0.1) is 13.2 Å². The Morgan fingerprint density at radius 1 is 1.10 bits per heavy atom. The van der Waals surface area contributed by atoms with Crippen molar-refractivity contribution in [2.24, 2.45) is 0 Å². The summed E-state index contributed by atoms with van der Waals surface area (Å²) >= 11 is 0. The summed E-state index contributed by atoms with van der Waals surface area (Å²) in [4.78, 5) is 25.8. The van der Waals surface area contributed by atoms with Crippen LogP contribution in [-0.4, -0.2) is 40.7 Å². The van der Waals surface area contributed by atoms with Crippen molar-refractivity contribution in [3.63, 3.8) is 0 Å². The van der Waals surface area contributed by atoms with Crippen LogP contribution >= 0.6 is 0 Å². The van der Waals surface area contributed by atoms with E-state index in [4.69, 9.17) is 4.74 Å². The highest BCUT2D eigenvalue weighted by Gasteiger charge is 2.31. The van der Waals surface area contributed by atoms with Crippen molar-refractivity contribution in [3.8, 4) is 5.75 Å². The number of carboxylic acid groups (broad SMARTS) is 1. The molecule has 160 valence electrons. The van der Waals surface area contributed by atoms with Crippen LogP contribution in [0.2, 0.25) is 0 Å². The Morgan fingerprint density at radius 3 is 2.27 bits per heavy atom. The number of nitrogens with zero attached hydrogens (tertiary/aromatic N) is 1. The largest absolute Gasteiger partial charge is 0.497 e. The molecule has 2 rings (SSSR count). The van der Waals surface area contributed by atoms with Crippen molar-refractivity contribution in [2.45, 2.75) is 45.2 Å². The van der Waals surface area contributed by atoms with Crippen molar-refractivity contribution in [2.75, 3.05) is 12.4 Å². The molecule has 2 amide bonds. The zero-order valence-electron chi connectivity index (χ0n) is 18.0. The maximum atomic E-state index is 12.4. The molecule has 0 heterocycles. The highest BCUT2D eigenvalue weighted by Crippen LogP contribution is 2.22. The minimum absolute atomic E-state index is 0.316. The highest BCUT2D eigenvalue weighted by atomic mass is 16.5. The van der Waals surface area contributed by atoms with Crippen molar-refractivity contribution in [1.82, 2.24) is 4.90 Å². The number of anilines is 1. The molecule has 6 nitrogen and oxygen atoms in total. The molecule has 2 N–H and O–H groups in total. The molecule has 6 heteroatoms. The molecule has 0 unspecified atom stereocenters. The highest BCUT2D eigenvalue weighted by molar-refractivity contribution is 5.99. The normalized spacial score (nSPS) is 12.4. The summed E-state index contributed by atoms with van der Waals surface area (Å²) in [5, 5.41) is 12.6. The van der Waals surface area contributed by atoms with E-state index in [1.807, 2.05) is 51.1 Å². The van der Waals surface area contributed by atoms with Gasteiger partial charge in [-0.25, -0.2) is 4.79 Å². The van der Waals surface area contributed by atoms with Crippen molar-refractivity contribution in [1.29, 1.82) is 0 Å². The van der Waals surface area contributed by atoms with Crippen LogP contribution in [0.1, 0.15) is 32.8 Å². The van der Waals surface area contributed by atoms with Crippen molar-refractivity contribution >= 4 is 17.7 Å². The molecular weight excluding hydrogens is 380 g/mol. The molecular formula is C24H30N2O4. The third-order valence-corrected chi connectivity index (χ3v) is 4.66. The summed E-state index contributed by atoms with van der Waals surface area (Å²) in [6, 6.07) is 16.5. The van der Waals surface area contributed by atoms with Gasteiger partial charge in [-0.05, 0) is 63.4 Å². The first-order chi connectivity index (χ1) is 14.2. The Kier molecular flexibility index (Phi) is 8.04. The molecule has 0 radical (unpaired) electrons. The van der Waals surface area contributed by atoms with Gasteiger partial charge in [-0.3, -0.25) is 9.69 Å². The Bertz CT molecular complexity index is 855. The minimum Gasteiger partial charge on any atom is -0.497 e. The van der Waals surface area contributed by atoms with Crippen LogP contribution < -0.4 is 10.1 Å². The molecule has 2 aromatic carbocycles. The topological polar surface area (TPSA) is 78.9 Å². The van der Waals surface area contributed by atoms with Crippen molar-refractivity contribution in [3.05, 3.63) is 72.3 Å². The van der Waals surface area contributed by atoms with Gasteiger partial charge in [0.15, 0.2) is 0 Å². The Morgan fingerprint density at radius 2 is 1.73 bits per heavy atom. The lowest BCUT2D eigenvalue weighted by atomic mass is 9.98. The second kappa shape index (κ2) is 10.5. The molecule has 0 spiro atoms. The summed E-state index contributed by atoms with van der Waals surface area (Å²) in [5.74, 6) is 0.385. The smallest absolute Gasteiger partial charge is 0.408 e. The summed E-state index contributed by atoms with van der Waals surface area (Å²) in [6.07, 6.45) is 3.33. The number of amides is 2. The second-order valence-electron chi connectivity index (χ2n) is 7.99. The fourth-order valence-corrected chi connectivity index (χ4v) is 3.25. The van der Waals surface area contributed by atoms with Crippen LogP contribution in [0, 0.1) is 0 Å². The minimum atomic E-state index is -1.01. The first-order valence-electron chi connectivity index (χ1n) is 9.90. The van der Waals surface area contributed by atoms with E-state index in [2.05, 4.69) is 5.32 Å². The lowest BCUT2D eigenvalue weighted by Gasteiger charge is -2.38. The second-order valence-corrected chi connectivity index (χ2v) is 7.99. The van der Waals surface area contributed by atoms with E-state index in [-0.39, 0.29) is 5.91 Å². The Labute approximate surface area is 178 Å². The number of hydrogen-bond donors (Lipinski definition) is 2. The zero-order valence-corrected chi connectivity index (χ0v) is 18.0. The van der Waals surface area contributed by atoms with Gasteiger partial charge >= 0.3 is 6.09 Å². The van der Waals surface area contributed by atoms with Crippen LogP contribution in [0.4, 0.5) is 10.5 Å². The van der Waals surface area contributed by atoms with Gasteiger partial charge in [0.1, 0.15) is 5.75 Å². The fraction of sp³-hybridized carbons (Fsp3) is 0.333. The monoisotopic (exact) mass is 410 g/mol. The van der Waals surface area contributed by atoms with Gasteiger partial charge in [0.25, 0.3) is 0 Å².